The summed E-state index contributed by atoms with van der Waals surface area (Å²) in [5.74, 6) is 0.137. The Balaban J connectivity index is 1.76. The van der Waals surface area contributed by atoms with Crippen LogP contribution in [0.1, 0.15) is 11.3 Å². The van der Waals surface area contributed by atoms with Crippen molar-refractivity contribution in [3.8, 4) is 0 Å². The first-order chi connectivity index (χ1) is 12.9. The molecule has 1 saturated heterocycles. The first-order valence-corrected chi connectivity index (χ1v) is 10.5. The fourth-order valence-electron chi connectivity index (χ4n) is 2.64. The standard InChI is InChI=1S/C18H19BrN2O5S/c1-13-2-3-14(20-18(22)7-5-15-4-6-17(19)26-15)12-16(13)27(23,24)21-8-10-25-11-9-21/h2-7,12H,8-11H2,1H3,(H,20,22)/b7-5+. The molecule has 27 heavy (non-hydrogen) atoms. The van der Waals surface area contributed by atoms with Crippen LogP contribution in [-0.2, 0) is 19.6 Å². The van der Waals surface area contributed by atoms with E-state index < -0.39 is 10.0 Å². The van der Waals surface area contributed by atoms with Gasteiger partial charge in [0, 0.05) is 24.9 Å². The molecule has 9 heteroatoms. The van der Waals surface area contributed by atoms with E-state index in [0.29, 0.717) is 48.0 Å². The maximum absolute atomic E-state index is 12.9. The number of ether oxygens (including phenoxy) is 1. The summed E-state index contributed by atoms with van der Waals surface area (Å²) < 4.78 is 38.2. The van der Waals surface area contributed by atoms with Crippen LogP contribution in [0.5, 0.6) is 0 Å². The fourth-order valence-corrected chi connectivity index (χ4v) is 4.62. The number of hydrogen-bond acceptors (Lipinski definition) is 5. The minimum absolute atomic E-state index is 0.182. The van der Waals surface area contributed by atoms with Gasteiger partial charge in [0.15, 0.2) is 4.67 Å². The van der Waals surface area contributed by atoms with Gasteiger partial charge in [-0.2, -0.15) is 4.31 Å². The smallest absolute Gasteiger partial charge is 0.248 e. The molecule has 2 heterocycles. The highest BCUT2D eigenvalue weighted by Gasteiger charge is 2.28. The van der Waals surface area contributed by atoms with E-state index in [1.54, 1.807) is 31.2 Å². The van der Waals surface area contributed by atoms with Crippen LogP contribution in [0.25, 0.3) is 6.08 Å². The van der Waals surface area contributed by atoms with E-state index in [2.05, 4.69) is 21.2 Å². The topological polar surface area (TPSA) is 88.8 Å². The Morgan fingerprint density at radius 3 is 2.63 bits per heavy atom. The van der Waals surface area contributed by atoms with Gasteiger partial charge in [-0.05, 0) is 58.8 Å². The Labute approximate surface area is 166 Å². The summed E-state index contributed by atoms with van der Waals surface area (Å²) in [5.41, 5.74) is 1.03. The van der Waals surface area contributed by atoms with Crippen LogP contribution >= 0.6 is 15.9 Å². The van der Waals surface area contributed by atoms with Crippen LogP contribution in [0.3, 0.4) is 0 Å². The molecule has 1 N–H and O–H groups in total. The number of carbonyl (C=O) groups excluding carboxylic acids is 1. The number of benzene rings is 1. The largest absolute Gasteiger partial charge is 0.450 e. The third-order valence-electron chi connectivity index (χ3n) is 4.04. The number of nitrogens with zero attached hydrogens (tertiary/aromatic N) is 1. The van der Waals surface area contributed by atoms with Crippen molar-refractivity contribution in [2.24, 2.45) is 0 Å². The Morgan fingerprint density at radius 1 is 1.22 bits per heavy atom. The summed E-state index contributed by atoms with van der Waals surface area (Å²) >= 11 is 3.19. The quantitative estimate of drug-likeness (QED) is 0.701. The van der Waals surface area contributed by atoms with Crippen molar-refractivity contribution in [3.63, 3.8) is 0 Å². The van der Waals surface area contributed by atoms with Gasteiger partial charge in [-0.15, -0.1) is 0 Å². The molecule has 7 nitrogen and oxygen atoms in total. The Hall–Kier alpha value is -1.94. The minimum atomic E-state index is -3.64. The average molecular weight is 455 g/mol. The Kier molecular flexibility index (Phi) is 6.15. The summed E-state index contributed by atoms with van der Waals surface area (Å²) in [6, 6.07) is 8.27. The van der Waals surface area contributed by atoms with Crippen molar-refractivity contribution in [2.75, 3.05) is 31.6 Å². The molecule has 1 aliphatic rings. The number of morpholine rings is 1. The molecule has 0 radical (unpaired) electrons. The third-order valence-corrected chi connectivity index (χ3v) is 6.50. The normalized spacial score (nSPS) is 15.9. The average Bonchev–Trinajstić information content (AvgIpc) is 3.07. The van der Waals surface area contributed by atoms with E-state index in [0.717, 1.165) is 0 Å². The monoisotopic (exact) mass is 454 g/mol. The lowest BCUT2D eigenvalue weighted by Crippen LogP contribution is -2.40. The van der Waals surface area contributed by atoms with Crippen LogP contribution in [-0.4, -0.2) is 44.9 Å². The minimum Gasteiger partial charge on any atom is -0.450 e. The molecule has 0 atom stereocenters. The second-order valence-electron chi connectivity index (χ2n) is 5.96. The molecule has 1 aromatic carbocycles. The molecule has 2 aromatic rings. The predicted molar refractivity (Wildman–Crippen MR) is 105 cm³/mol. The van der Waals surface area contributed by atoms with Gasteiger partial charge < -0.3 is 14.5 Å². The first-order valence-electron chi connectivity index (χ1n) is 8.29. The number of rotatable bonds is 5. The molecule has 0 aliphatic carbocycles. The lowest BCUT2D eigenvalue weighted by Gasteiger charge is -2.26. The van der Waals surface area contributed by atoms with Gasteiger partial charge in [-0.1, -0.05) is 6.07 Å². The van der Waals surface area contributed by atoms with Gasteiger partial charge in [0.05, 0.1) is 18.1 Å². The van der Waals surface area contributed by atoms with E-state index in [4.69, 9.17) is 9.15 Å². The molecule has 0 unspecified atom stereocenters. The number of hydrogen-bond donors (Lipinski definition) is 1. The van der Waals surface area contributed by atoms with Crippen molar-refractivity contribution in [2.45, 2.75) is 11.8 Å². The van der Waals surface area contributed by atoms with Gasteiger partial charge in [-0.25, -0.2) is 8.42 Å². The van der Waals surface area contributed by atoms with Crippen molar-refractivity contribution in [1.82, 2.24) is 4.31 Å². The summed E-state index contributed by atoms with van der Waals surface area (Å²) in [5, 5.41) is 2.67. The summed E-state index contributed by atoms with van der Waals surface area (Å²) in [7, 11) is -3.64. The number of furan rings is 1. The van der Waals surface area contributed by atoms with Crippen LogP contribution in [0.4, 0.5) is 5.69 Å². The van der Waals surface area contributed by atoms with Crippen LogP contribution < -0.4 is 5.32 Å². The van der Waals surface area contributed by atoms with Crippen molar-refractivity contribution < 1.29 is 22.4 Å². The summed E-state index contributed by atoms with van der Waals surface area (Å²) in [6.45, 7) is 3.12. The molecule has 1 amide bonds. The molecule has 3 rings (SSSR count). The molecular formula is C18H19BrN2O5S. The van der Waals surface area contributed by atoms with E-state index >= 15 is 0 Å². The zero-order valence-corrected chi connectivity index (χ0v) is 17.0. The highest BCUT2D eigenvalue weighted by Crippen LogP contribution is 2.24. The third kappa shape index (κ3) is 4.86. The Bertz CT molecular complexity index is 962. The van der Waals surface area contributed by atoms with E-state index in [9.17, 15) is 13.2 Å². The molecule has 1 aromatic heterocycles. The number of nitrogens with one attached hydrogen (secondary N) is 1. The van der Waals surface area contributed by atoms with Gasteiger partial charge >= 0.3 is 0 Å². The molecule has 1 fully saturated rings. The highest BCUT2D eigenvalue weighted by atomic mass is 79.9. The maximum atomic E-state index is 12.9. The fraction of sp³-hybridized carbons (Fsp3) is 0.278. The zero-order valence-electron chi connectivity index (χ0n) is 14.6. The van der Waals surface area contributed by atoms with E-state index in [1.807, 2.05) is 0 Å². The summed E-state index contributed by atoms with van der Waals surface area (Å²) in [4.78, 5) is 12.3. The predicted octanol–water partition coefficient (Wildman–Crippen LogP) is 3.02. The number of halogens is 1. The van der Waals surface area contributed by atoms with Crippen molar-refractivity contribution in [1.29, 1.82) is 0 Å². The Morgan fingerprint density at radius 2 is 1.96 bits per heavy atom. The second-order valence-corrected chi connectivity index (χ2v) is 8.65. The van der Waals surface area contributed by atoms with Gasteiger partial charge in [-0.3, -0.25) is 4.79 Å². The van der Waals surface area contributed by atoms with E-state index in [1.165, 1.54) is 22.5 Å². The van der Waals surface area contributed by atoms with Gasteiger partial charge in [0.25, 0.3) is 0 Å². The maximum Gasteiger partial charge on any atom is 0.248 e. The van der Waals surface area contributed by atoms with Crippen molar-refractivity contribution >= 4 is 43.6 Å². The highest BCUT2D eigenvalue weighted by molar-refractivity contribution is 9.10. The second kappa shape index (κ2) is 8.39. The molecule has 0 spiro atoms. The molecule has 0 saturated carbocycles. The number of aryl methyl sites for hydroxylation is 1. The van der Waals surface area contributed by atoms with E-state index in [-0.39, 0.29) is 10.8 Å². The lowest BCUT2D eigenvalue weighted by atomic mass is 10.2. The molecular weight excluding hydrogens is 436 g/mol. The van der Waals surface area contributed by atoms with Crippen LogP contribution in [0.15, 0.2) is 50.4 Å². The molecule has 144 valence electrons. The number of anilines is 1. The van der Waals surface area contributed by atoms with Crippen molar-refractivity contribution in [3.05, 3.63) is 52.4 Å². The number of amides is 1. The van der Waals surface area contributed by atoms with Crippen LogP contribution in [0, 0.1) is 6.92 Å². The van der Waals surface area contributed by atoms with Crippen LogP contribution in [0.2, 0.25) is 0 Å². The number of carbonyl (C=O) groups is 1. The van der Waals surface area contributed by atoms with Gasteiger partial charge in [0.2, 0.25) is 15.9 Å². The SMILES string of the molecule is Cc1ccc(NC(=O)/C=C/c2ccc(Br)o2)cc1S(=O)(=O)N1CCOCC1. The molecule has 0 bridgehead atoms. The molecule has 1 aliphatic heterocycles. The number of sulfonamides is 1. The zero-order chi connectivity index (χ0) is 19.4. The lowest BCUT2D eigenvalue weighted by molar-refractivity contribution is -0.111. The summed E-state index contributed by atoms with van der Waals surface area (Å²) in [6.07, 6.45) is 2.85. The first kappa shape index (κ1) is 19.8. The van der Waals surface area contributed by atoms with Gasteiger partial charge in [0.1, 0.15) is 5.76 Å².